The van der Waals surface area contributed by atoms with E-state index in [0.29, 0.717) is 55.7 Å². The maximum Gasteiger partial charge on any atom is 0.251 e. The molecule has 3 heterocycles. The van der Waals surface area contributed by atoms with Crippen molar-refractivity contribution in [3.8, 4) is 5.75 Å². The first-order valence-electron chi connectivity index (χ1n) is 48.7. The Morgan fingerprint density at radius 2 is 0.790 bits per heavy atom. The van der Waals surface area contributed by atoms with Gasteiger partial charge in [-0.1, -0.05) is 48.5 Å². The van der Waals surface area contributed by atoms with E-state index in [0.717, 1.165) is 58.4 Å². The minimum absolute atomic E-state index is 0.00806. The van der Waals surface area contributed by atoms with Crippen LogP contribution < -0.4 is 31.7 Å². The Morgan fingerprint density at radius 3 is 1.05 bits per heavy atom. The zero-order chi connectivity index (χ0) is 108. The number of alkyl halides is 1. The van der Waals surface area contributed by atoms with Crippen molar-refractivity contribution in [3.05, 3.63) is 66.2 Å². The summed E-state index contributed by atoms with van der Waals surface area (Å²) in [7, 11) is 18.6. The van der Waals surface area contributed by atoms with Gasteiger partial charge in [0, 0.05) is 121 Å². The Bertz CT molecular complexity index is 3260. The maximum absolute atomic E-state index is 13.2. The molecular weight excluding hydrogens is 1780 g/mol. The Hall–Kier alpha value is -7.20. The van der Waals surface area contributed by atoms with Crippen LogP contribution in [0.15, 0.2) is 60.7 Å². The SMILES string of the molecule is CC(C)OC1CCN(C)C1=O.CC(C)OC1COC1.CC(C)OCC(=O)N(C)C.CC(C)OCC(N)=O.CC(C)OCC1COC1.CC(C)OCc1ccccc1.CC(C)O[C@@H](C)C(=O)N(C)C.CC(C)O[C@@H](C)C(=O)NC12CC(F)(C1)C2.CC(C)O[C@H](C)C(=O)N(C)C.CC(C)Oc1ccccc1.CNC(=O)COC(C)C.CNC(=O)[C@@H](C)OC(C)C.CNC(=O)[C@H](C)OC(C)C.COC(C)C. The molecule has 3 aliphatic heterocycles. The number of hydrogen-bond donors (Lipinski definition) is 5. The van der Waals surface area contributed by atoms with E-state index in [4.69, 9.17) is 81.5 Å². The second-order valence-corrected chi connectivity index (χ2v) is 37.7. The van der Waals surface area contributed by atoms with Crippen molar-refractivity contribution in [2.75, 3.05) is 137 Å². The topological polar surface area (TPSA) is 388 Å². The smallest absolute Gasteiger partial charge is 0.251 e. The first-order valence-corrected chi connectivity index (χ1v) is 48.7. The summed E-state index contributed by atoms with van der Waals surface area (Å²) in [6.07, 6.45) is 3.34. The van der Waals surface area contributed by atoms with Crippen LogP contribution in [0.5, 0.6) is 5.75 Å². The molecule has 0 aromatic heterocycles. The van der Waals surface area contributed by atoms with Gasteiger partial charge in [0.1, 0.15) is 74.0 Å². The lowest BCUT2D eigenvalue weighted by Crippen LogP contribution is -2.77. The van der Waals surface area contributed by atoms with Crippen LogP contribution in [0.3, 0.4) is 0 Å². The van der Waals surface area contributed by atoms with E-state index in [1.54, 1.807) is 110 Å². The predicted molar refractivity (Wildman–Crippen MR) is 547 cm³/mol. The summed E-state index contributed by atoms with van der Waals surface area (Å²) in [5.74, 6) is 1.00. The molecule has 6 N–H and O–H groups in total. The van der Waals surface area contributed by atoms with Crippen molar-refractivity contribution < 1.29 is 123 Å². The fourth-order valence-corrected chi connectivity index (χ4v) is 10.8. The normalized spacial score (nSPS) is 16.7. The van der Waals surface area contributed by atoms with Crippen molar-refractivity contribution in [1.29, 1.82) is 0 Å². The highest BCUT2D eigenvalue weighted by Crippen LogP contribution is 2.63. The highest BCUT2D eigenvalue weighted by molar-refractivity contribution is 5.83. The molecule has 34 nitrogen and oxygen atoms in total. The molecule has 2 aromatic rings. The van der Waals surface area contributed by atoms with Crippen LogP contribution in [-0.2, 0) is 121 Å². The van der Waals surface area contributed by atoms with Crippen LogP contribution in [-0.4, -0.2) is 349 Å². The molecule has 0 radical (unpaired) electrons. The molecule has 3 saturated carbocycles. The lowest BCUT2D eigenvalue weighted by molar-refractivity contribution is -0.180. The van der Waals surface area contributed by atoms with E-state index < -0.39 is 17.7 Å². The quantitative estimate of drug-likeness (QED) is 0.0417. The number of nitrogens with one attached hydrogen (secondary N) is 4. The summed E-state index contributed by atoms with van der Waals surface area (Å²) < 4.78 is 96.0. The summed E-state index contributed by atoms with van der Waals surface area (Å²) in [6.45, 7) is 69.5. The van der Waals surface area contributed by atoms with Crippen LogP contribution in [0.2, 0.25) is 0 Å². The fourth-order valence-electron chi connectivity index (χ4n) is 10.8. The molecule has 138 heavy (non-hydrogen) atoms. The zero-order valence-corrected chi connectivity index (χ0v) is 93.8. The van der Waals surface area contributed by atoms with E-state index >= 15 is 0 Å². The molecule has 35 heteroatoms. The fraction of sp³-hybridized carbons (Fsp3) is 0.796. The van der Waals surface area contributed by atoms with Gasteiger partial charge in [0.2, 0.25) is 35.4 Å². The number of nitrogens with zero attached hydrogens (tertiary/aromatic N) is 4. The van der Waals surface area contributed by atoms with Crippen molar-refractivity contribution in [2.24, 2.45) is 11.7 Å². The maximum atomic E-state index is 13.2. The zero-order valence-electron chi connectivity index (χ0n) is 93.8. The van der Waals surface area contributed by atoms with Gasteiger partial charge in [0.25, 0.3) is 17.7 Å². The molecule has 0 spiro atoms. The van der Waals surface area contributed by atoms with E-state index in [1.165, 1.54) is 20.3 Å². The van der Waals surface area contributed by atoms with Crippen molar-refractivity contribution in [2.45, 2.75) is 400 Å². The predicted octanol–water partition coefficient (Wildman–Crippen LogP) is 13.6. The minimum Gasteiger partial charge on any atom is -0.491 e. The van der Waals surface area contributed by atoms with Gasteiger partial charge in [-0.3, -0.25) is 43.2 Å². The number of para-hydroxylation sites is 1. The number of likely N-dealkylation sites (tertiary alicyclic amines) is 1. The lowest BCUT2D eigenvalue weighted by atomic mass is 9.47. The third kappa shape index (κ3) is 88.9. The van der Waals surface area contributed by atoms with Crippen LogP contribution in [0.4, 0.5) is 4.39 Å². The number of ether oxygens (including phenoxy) is 16. The number of hydrogen-bond acceptors (Lipinski definition) is 25. The van der Waals surface area contributed by atoms with Crippen molar-refractivity contribution in [3.63, 3.8) is 0 Å². The van der Waals surface area contributed by atoms with Crippen molar-refractivity contribution >= 4 is 53.2 Å². The molecular formula is C103H198FN9O25. The first-order chi connectivity index (χ1) is 63.7. The third-order valence-electron chi connectivity index (χ3n) is 17.6. The summed E-state index contributed by atoms with van der Waals surface area (Å²) in [6, 6.07) is 20.0. The van der Waals surface area contributed by atoms with E-state index in [1.807, 2.05) is 236 Å². The number of carbonyl (C=O) groups is 9. The number of likely N-dealkylation sites (N-methyl/N-ethyl adjacent to an activating group) is 7. The van der Waals surface area contributed by atoms with E-state index in [9.17, 15) is 47.5 Å². The molecule has 2 aromatic carbocycles. The summed E-state index contributed by atoms with van der Waals surface area (Å²) >= 11 is 0. The molecule has 2 bridgehead atoms. The van der Waals surface area contributed by atoms with Crippen LogP contribution in [0.25, 0.3) is 0 Å². The number of amides is 9. The van der Waals surface area contributed by atoms with E-state index in [-0.39, 0.29) is 164 Å². The number of halogens is 1. The average Bonchev–Trinajstić information content (AvgIpc) is 0.744. The van der Waals surface area contributed by atoms with E-state index in [2.05, 4.69) is 47.2 Å². The Kier molecular flexibility index (Phi) is 87.9. The molecule has 6 aliphatic rings. The number of rotatable bonds is 38. The van der Waals surface area contributed by atoms with Gasteiger partial charge < -0.3 is 122 Å². The van der Waals surface area contributed by atoms with Gasteiger partial charge in [-0.25, -0.2) is 4.39 Å². The standard InChI is InChI=1S/C11H18FNO2.C10H14O.C9H12O.C8H15NO2.2C8H17NO2.3C7H15NO2.C7H14O2.C6H13NO2.C6H12O2.C5H11NO2.C4H10O/c1-7(2)15-8(3)9(14)13-11-4-10(12,5-11)6-11;1-9(2)11-8-10-6-4-3-5-7-10;1-8(2)10-9-6-4-3-5-7-9;1-6(2)11-7-4-5-9(3)8(7)10;2*1-6(2)11-7(3)8(10)9(4)5;1-6(2)10-5-7(9)8(3)4;2*1-5(2)10-6(3)7(9)8-4;1-6(2)9-5-7-3-8-4-7;1-5(2)9-4-6(8)7-3;1-5(2)8-6-3-7-4-6;1-4(2)8-3-5(6)7;1-4(2)5-3/h7-8H,4-6H2,1-3H3,(H,13,14);3-7,9H,8H2,1-2H3;3-8H,1-2H3;6-7H,4-5H2,1-3H3;2*6-7H,1-5H3;6H,5H2,1-4H3;2*5-6H,1-4H3,(H,8,9);6-7H,3-5H2,1-2H3;5H,4H2,1-3H3,(H,7,8);5-6H,3-4H2,1-2H3;4H,3H2,1-2H3,(H2,6,7);4H,1-3H3/t8-,10?,11?;;;;2*7-;;2*6-;;;;;/m0...10.10...../s1. The van der Waals surface area contributed by atoms with Crippen LogP contribution in [0.1, 0.15) is 260 Å². The minimum atomic E-state index is -0.963. The Labute approximate surface area is 834 Å². The second-order valence-electron chi connectivity index (χ2n) is 37.7. The number of benzene rings is 2. The molecule has 812 valence electrons. The molecule has 6 atom stereocenters. The lowest BCUT2D eigenvalue weighted by Gasteiger charge is -2.65. The number of carbonyl (C=O) groups excluding carboxylic acids is 9. The van der Waals surface area contributed by atoms with Gasteiger partial charge >= 0.3 is 0 Å². The largest absolute Gasteiger partial charge is 0.491 e. The Morgan fingerprint density at radius 1 is 0.435 bits per heavy atom. The summed E-state index contributed by atoms with van der Waals surface area (Å²) in [5.41, 5.74) is 4.82. The summed E-state index contributed by atoms with van der Waals surface area (Å²) in [5, 5.41) is 10.4. The van der Waals surface area contributed by atoms with Gasteiger partial charge in [-0.05, 0) is 246 Å². The monoisotopic (exact) mass is 1980 g/mol. The molecule has 6 fully saturated rings. The first kappa shape index (κ1) is 144. The third-order valence-corrected chi connectivity index (χ3v) is 17.6. The highest BCUT2D eigenvalue weighted by atomic mass is 19.1. The van der Waals surface area contributed by atoms with Gasteiger partial charge in [0.15, 0.2) is 0 Å². The molecule has 3 saturated heterocycles. The molecule has 3 aliphatic carbocycles. The summed E-state index contributed by atoms with van der Waals surface area (Å²) in [4.78, 5) is 105. The molecule has 1 unspecified atom stereocenters. The average molecular weight is 1980 g/mol. The second kappa shape index (κ2) is 84.3. The van der Waals surface area contributed by atoms with Crippen LogP contribution >= 0.6 is 0 Å². The number of methoxy groups -OCH3 is 1. The van der Waals surface area contributed by atoms with Gasteiger partial charge in [0.05, 0.1) is 125 Å². The van der Waals surface area contributed by atoms with Crippen LogP contribution in [0, 0.1) is 5.92 Å². The van der Waals surface area contributed by atoms with Crippen molar-refractivity contribution in [1.82, 2.24) is 40.9 Å². The highest BCUT2D eigenvalue weighted by Gasteiger charge is 2.70. The molecule has 8 rings (SSSR count). The Balaban J connectivity index is -0.000000269. The number of primary amides is 1. The number of nitrogens with two attached hydrogens (primary N) is 1. The van der Waals surface area contributed by atoms with Gasteiger partial charge in [-0.2, -0.15) is 0 Å². The molecule has 9 amide bonds. The van der Waals surface area contributed by atoms with Gasteiger partial charge in [-0.15, -0.1) is 0 Å².